The van der Waals surface area contributed by atoms with Crippen LogP contribution in [0.4, 0.5) is 5.82 Å². The molecule has 3 N–H and O–H groups in total. The highest BCUT2D eigenvalue weighted by Gasteiger charge is 2.12. The van der Waals surface area contributed by atoms with Gasteiger partial charge in [-0.25, -0.2) is 9.97 Å². The van der Waals surface area contributed by atoms with Crippen molar-refractivity contribution in [3.05, 3.63) is 54.4 Å². The molecule has 0 radical (unpaired) electrons. The van der Waals surface area contributed by atoms with E-state index < -0.39 is 0 Å². The van der Waals surface area contributed by atoms with E-state index in [1.807, 2.05) is 24.3 Å². The van der Waals surface area contributed by atoms with Gasteiger partial charge in [0.05, 0.1) is 6.21 Å². The Balaban J connectivity index is 1.68. The summed E-state index contributed by atoms with van der Waals surface area (Å²) in [5.41, 5.74) is 5.17. The first-order chi connectivity index (χ1) is 11.7. The van der Waals surface area contributed by atoms with Gasteiger partial charge in [0.25, 0.3) is 0 Å². The number of hydrogen-bond acceptors (Lipinski definition) is 7. The summed E-state index contributed by atoms with van der Waals surface area (Å²) >= 11 is 0. The van der Waals surface area contributed by atoms with Crippen LogP contribution in [0.1, 0.15) is 5.56 Å². The number of para-hydroxylation sites is 1. The number of aromatic nitrogens is 2. The number of anilines is 1. The molecule has 0 aliphatic rings. The molecule has 0 spiro atoms. The number of hydrogen-bond donors (Lipinski definition) is 3. The maximum Gasteiger partial charge on any atom is 0.197 e. The Kier molecular flexibility index (Phi) is 3.24. The van der Waals surface area contributed by atoms with Crippen LogP contribution >= 0.6 is 0 Å². The zero-order valence-corrected chi connectivity index (χ0v) is 12.3. The third kappa shape index (κ3) is 2.38. The molecule has 0 saturated heterocycles. The molecule has 0 aliphatic carbocycles. The van der Waals surface area contributed by atoms with Crippen molar-refractivity contribution in [1.82, 2.24) is 9.97 Å². The van der Waals surface area contributed by atoms with Crippen LogP contribution < -0.4 is 5.43 Å². The normalized spacial score (nSPS) is 11.5. The predicted octanol–water partition coefficient (Wildman–Crippen LogP) is 3.23. The maximum absolute atomic E-state index is 9.73. The van der Waals surface area contributed by atoms with Crippen LogP contribution in [-0.2, 0) is 0 Å². The van der Waals surface area contributed by atoms with E-state index in [9.17, 15) is 10.2 Å². The number of nitrogens with one attached hydrogen (secondary N) is 1. The topological polar surface area (TPSA) is 104 Å². The van der Waals surface area contributed by atoms with Gasteiger partial charge in [-0.3, -0.25) is 5.43 Å². The number of nitrogens with zero attached hydrogens (tertiary/aromatic N) is 3. The zero-order chi connectivity index (χ0) is 16.5. The number of rotatable bonds is 3. The van der Waals surface area contributed by atoms with Gasteiger partial charge in [-0.1, -0.05) is 12.1 Å². The molecule has 0 unspecified atom stereocenters. The molecule has 0 saturated carbocycles. The minimum atomic E-state index is -0.0721. The van der Waals surface area contributed by atoms with E-state index in [0.717, 1.165) is 11.0 Å². The quantitative estimate of drug-likeness (QED) is 0.395. The number of aromatic hydroxyl groups is 2. The largest absolute Gasteiger partial charge is 0.508 e. The molecule has 4 rings (SSSR count). The van der Waals surface area contributed by atoms with E-state index in [4.69, 9.17) is 4.42 Å². The SMILES string of the molecule is Oc1ccc(/C=N/Nc2ncnc3c2oc2ccccc23)c(O)c1. The molecule has 2 aromatic carbocycles. The minimum Gasteiger partial charge on any atom is -0.508 e. The van der Waals surface area contributed by atoms with Crippen molar-refractivity contribution in [3.63, 3.8) is 0 Å². The van der Waals surface area contributed by atoms with Gasteiger partial charge in [-0.05, 0) is 24.3 Å². The second kappa shape index (κ2) is 5.54. The molecule has 7 heteroatoms. The molecule has 0 atom stereocenters. The van der Waals surface area contributed by atoms with Crippen LogP contribution in [0.2, 0.25) is 0 Å². The molecule has 0 aliphatic heterocycles. The Morgan fingerprint density at radius 2 is 1.96 bits per heavy atom. The Morgan fingerprint density at radius 3 is 2.83 bits per heavy atom. The lowest BCUT2D eigenvalue weighted by molar-refractivity contribution is 0.450. The zero-order valence-electron chi connectivity index (χ0n) is 12.3. The van der Waals surface area contributed by atoms with Crippen LogP contribution in [0.3, 0.4) is 0 Å². The van der Waals surface area contributed by atoms with Crippen molar-refractivity contribution in [2.45, 2.75) is 0 Å². The standard InChI is InChI=1S/C17H12N4O3/c22-11-6-5-10(13(23)7-11)8-20-21-17-16-15(18-9-19-17)12-3-1-2-4-14(12)24-16/h1-9,22-23H,(H,18,19,21)/b20-8+. The van der Waals surface area contributed by atoms with E-state index >= 15 is 0 Å². The number of benzene rings is 2. The van der Waals surface area contributed by atoms with Gasteiger partial charge in [0.1, 0.15) is 28.9 Å². The van der Waals surface area contributed by atoms with Gasteiger partial charge in [0.2, 0.25) is 0 Å². The summed E-state index contributed by atoms with van der Waals surface area (Å²) in [7, 11) is 0. The van der Waals surface area contributed by atoms with Crippen molar-refractivity contribution in [1.29, 1.82) is 0 Å². The number of fused-ring (bicyclic) bond motifs is 3. The fourth-order valence-corrected chi connectivity index (χ4v) is 2.41. The Hall–Kier alpha value is -3.61. The fourth-order valence-electron chi connectivity index (χ4n) is 2.41. The third-order valence-electron chi connectivity index (χ3n) is 3.55. The first-order valence-corrected chi connectivity index (χ1v) is 7.15. The molecule has 0 amide bonds. The highest BCUT2D eigenvalue weighted by Crippen LogP contribution is 2.30. The molecular weight excluding hydrogens is 308 g/mol. The van der Waals surface area contributed by atoms with E-state index in [0.29, 0.717) is 22.5 Å². The van der Waals surface area contributed by atoms with Gasteiger partial charge < -0.3 is 14.6 Å². The molecule has 7 nitrogen and oxygen atoms in total. The molecule has 2 heterocycles. The van der Waals surface area contributed by atoms with Gasteiger partial charge in [0, 0.05) is 17.0 Å². The van der Waals surface area contributed by atoms with Crippen LogP contribution in [0.15, 0.2) is 58.3 Å². The molecule has 0 bridgehead atoms. The smallest absolute Gasteiger partial charge is 0.197 e. The van der Waals surface area contributed by atoms with Crippen molar-refractivity contribution < 1.29 is 14.6 Å². The second-order valence-electron chi connectivity index (χ2n) is 5.11. The van der Waals surface area contributed by atoms with Crippen molar-refractivity contribution in [2.75, 3.05) is 5.43 Å². The maximum atomic E-state index is 9.73. The summed E-state index contributed by atoms with van der Waals surface area (Å²) in [5, 5.41) is 24.0. The van der Waals surface area contributed by atoms with Crippen LogP contribution in [0.5, 0.6) is 11.5 Å². The summed E-state index contributed by atoms with van der Waals surface area (Å²) in [6.07, 6.45) is 2.85. The minimum absolute atomic E-state index is 0.0163. The second-order valence-corrected chi connectivity index (χ2v) is 5.11. The average Bonchev–Trinajstić information content (AvgIpc) is 2.96. The van der Waals surface area contributed by atoms with E-state index in [2.05, 4.69) is 20.5 Å². The average molecular weight is 320 g/mol. The van der Waals surface area contributed by atoms with Gasteiger partial charge in [-0.15, -0.1) is 0 Å². The number of furan rings is 1. The molecular formula is C17H12N4O3. The van der Waals surface area contributed by atoms with Crippen molar-refractivity contribution in [3.8, 4) is 11.5 Å². The summed E-state index contributed by atoms with van der Waals surface area (Å²) in [5.74, 6) is 0.334. The summed E-state index contributed by atoms with van der Waals surface area (Å²) in [4.78, 5) is 8.39. The van der Waals surface area contributed by atoms with Crippen molar-refractivity contribution in [2.24, 2.45) is 5.10 Å². The lowest BCUT2D eigenvalue weighted by atomic mass is 10.2. The summed E-state index contributed by atoms with van der Waals surface area (Å²) < 4.78 is 5.78. The third-order valence-corrected chi connectivity index (χ3v) is 3.55. The predicted molar refractivity (Wildman–Crippen MR) is 90.3 cm³/mol. The summed E-state index contributed by atoms with van der Waals surface area (Å²) in [6, 6.07) is 11.8. The first-order valence-electron chi connectivity index (χ1n) is 7.15. The van der Waals surface area contributed by atoms with E-state index in [-0.39, 0.29) is 11.5 Å². The lowest BCUT2D eigenvalue weighted by Gasteiger charge is -2.01. The highest BCUT2D eigenvalue weighted by atomic mass is 16.3. The molecule has 0 fully saturated rings. The van der Waals surface area contributed by atoms with Gasteiger partial charge in [-0.2, -0.15) is 5.10 Å². The highest BCUT2D eigenvalue weighted by molar-refractivity contribution is 6.05. The number of phenolic OH excluding ortho intramolecular Hbond substituents is 2. The van der Waals surface area contributed by atoms with Crippen molar-refractivity contribution >= 4 is 34.1 Å². The number of phenols is 2. The molecule has 4 aromatic rings. The molecule has 2 aromatic heterocycles. The van der Waals surface area contributed by atoms with Gasteiger partial charge in [0.15, 0.2) is 11.4 Å². The Bertz CT molecular complexity index is 1070. The first kappa shape index (κ1) is 14.0. The van der Waals surface area contributed by atoms with E-state index in [1.54, 1.807) is 6.07 Å². The van der Waals surface area contributed by atoms with Crippen LogP contribution in [0, 0.1) is 0 Å². The fraction of sp³-hybridized carbons (Fsp3) is 0. The van der Waals surface area contributed by atoms with Gasteiger partial charge >= 0.3 is 0 Å². The molecule has 24 heavy (non-hydrogen) atoms. The molecule has 118 valence electrons. The Morgan fingerprint density at radius 1 is 1.08 bits per heavy atom. The number of hydrazone groups is 1. The van der Waals surface area contributed by atoms with E-state index in [1.165, 1.54) is 24.7 Å². The lowest BCUT2D eigenvalue weighted by Crippen LogP contribution is -1.95. The monoisotopic (exact) mass is 320 g/mol. The van der Waals surface area contributed by atoms with Crippen LogP contribution in [0.25, 0.3) is 22.1 Å². The Labute approximate surface area is 135 Å². The summed E-state index contributed by atoms with van der Waals surface area (Å²) in [6.45, 7) is 0. The van der Waals surface area contributed by atoms with Crippen LogP contribution in [-0.4, -0.2) is 26.4 Å².